The Hall–Kier alpha value is -2.69. The fourth-order valence-electron chi connectivity index (χ4n) is 4.40. The average molecular weight is 498 g/mol. The first-order valence-electron chi connectivity index (χ1n) is 11.4. The summed E-state index contributed by atoms with van der Waals surface area (Å²) in [7, 11) is -3.55. The third-order valence-corrected chi connectivity index (χ3v) is 9.14. The summed E-state index contributed by atoms with van der Waals surface area (Å²) in [5.74, 6) is 0.838. The van der Waals surface area contributed by atoms with E-state index in [-0.39, 0.29) is 11.7 Å². The number of fused-ring (bicyclic) bond motifs is 1. The van der Waals surface area contributed by atoms with E-state index in [4.69, 9.17) is 0 Å². The van der Waals surface area contributed by atoms with Gasteiger partial charge in [-0.1, -0.05) is 47.7 Å². The van der Waals surface area contributed by atoms with Crippen molar-refractivity contribution in [2.75, 3.05) is 31.9 Å². The molecule has 0 bridgehead atoms. The van der Waals surface area contributed by atoms with Crippen LogP contribution in [0, 0.1) is 6.92 Å². The molecule has 0 spiro atoms. The summed E-state index contributed by atoms with van der Waals surface area (Å²) in [5, 5.41) is 7.64. The van der Waals surface area contributed by atoms with E-state index < -0.39 is 10.0 Å². The van der Waals surface area contributed by atoms with Gasteiger partial charge in [-0.3, -0.25) is 9.89 Å². The van der Waals surface area contributed by atoms with Crippen LogP contribution in [0.2, 0.25) is 0 Å². The Kier molecular flexibility index (Phi) is 6.46. The standard InChI is InChI=1S/C24H27N5O3S2/c1-17-5-7-19(8-6-17)23-25-24(27-26-23)33-16-22(30)28-11-13-29(14-12-28)34(31,32)21-10-9-18-3-2-4-20(18)15-21/h5-10,15H,2-4,11-14,16H2,1H3,(H,25,26,27). The van der Waals surface area contributed by atoms with Gasteiger partial charge in [0.05, 0.1) is 10.6 Å². The van der Waals surface area contributed by atoms with Crippen molar-refractivity contribution >= 4 is 27.7 Å². The zero-order valence-corrected chi connectivity index (χ0v) is 20.7. The van der Waals surface area contributed by atoms with Crippen molar-refractivity contribution < 1.29 is 13.2 Å². The van der Waals surface area contributed by atoms with Gasteiger partial charge in [-0.2, -0.15) is 4.31 Å². The number of amides is 1. The van der Waals surface area contributed by atoms with E-state index in [2.05, 4.69) is 15.2 Å². The van der Waals surface area contributed by atoms with Gasteiger partial charge in [-0.15, -0.1) is 5.10 Å². The van der Waals surface area contributed by atoms with Gasteiger partial charge in [0.15, 0.2) is 5.82 Å². The maximum atomic E-state index is 13.1. The molecule has 2 aromatic carbocycles. The molecule has 1 N–H and O–H groups in total. The first-order chi connectivity index (χ1) is 16.4. The highest BCUT2D eigenvalue weighted by molar-refractivity contribution is 7.99. The van der Waals surface area contributed by atoms with Crippen molar-refractivity contribution in [1.82, 2.24) is 24.4 Å². The summed E-state index contributed by atoms with van der Waals surface area (Å²) in [4.78, 5) is 19.3. The molecule has 1 amide bonds. The van der Waals surface area contributed by atoms with E-state index in [9.17, 15) is 13.2 Å². The number of H-pyrrole nitrogens is 1. The number of nitrogens with one attached hydrogen (secondary N) is 1. The Morgan fingerprint density at radius 2 is 1.76 bits per heavy atom. The van der Waals surface area contributed by atoms with Crippen molar-refractivity contribution in [2.45, 2.75) is 36.2 Å². The molecule has 1 saturated heterocycles. The maximum Gasteiger partial charge on any atom is 0.243 e. The molecule has 0 unspecified atom stereocenters. The third-order valence-electron chi connectivity index (χ3n) is 6.41. The highest BCUT2D eigenvalue weighted by atomic mass is 32.2. The number of sulfonamides is 1. The number of piperazine rings is 1. The fraction of sp³-hybridized carbons (Fsp3) is 0.375. The van der Waals surface area contributed by atoms with Crippen LogP contribution in [0.3, 0.4) is 0 Å². The van der Waals surface area contributed by atoms with Crippen molar-refractivity contribution in [2.24, 2.45) is 0 Å². The summed E-state index contributed by atoms with van der Waals surface area (Å²) in [5.41, 5.74) is 4.51. The normalized spacial score (nSPS) is 16.6. The molecule has 1 aliphatic carbocycles. The van der Waals surface area contributed by atoms with Crippen LogP contribution < -0.4 is 0 Å². The number of aryl methyl sites for hydroxylation is 3. The van der Waals surface area contributed by atoms with Crippen LogP contribution in [0.25, 0.3) is 11.4 Å². The second-order valence-corrected chi connectivity index (χ2v) is 11.6. The fourth-order valence-corrected chi connectivity index (χ4v) is 6.58. The summed E-state index contributed by atoms with van der Waals surface area (Å²) in [6, 6.07) is 13.5. The summed E-state index contributed by atoms with van der Waals surface area (Å²) in [6.45, 7) is 3.39. The number of thioether (sulfide) groups is 1. The second kappa shape index (κ2) is 9.52. The van der Waals surface area contributed by atoms with E-state index in [1.807, 2.05) is 43.3 Å². The molecule has 1 aliphatic heterocycles. The minimum atomic E-state index is -3.55. The number of aromatic amines is 1. The number of carbonyl (C=O) groups excluding carboxylic acids is 1. The molecule has 10 heteroatoms. The lowest BCUT2D eigenvalue weighted by Crippen LogP contribution is -2.51. The SMILES string of the molecule is Cc1ccc(-c2nc(SCC(=O)N3CCN(S(=O)(=O)c4ccc5c(c4)CCC5)CC3)n[nH]2)cc1. The minimum absolute atomic E-state index is 0.0405. The summed E-state index contributed by atoms with van der Waals surface area (Å²) >= 11 is 1.28. The van der Waals surface area contributed by atoms with E-state index in [0.29, 0.717) is 42.1 Å². The Bertz CT molecular complexity index is 1300. The first kappa shape index (κ1) is 23.1. The van der Waals surface area contributed by atoms with Crippen molar-refractivity contribution in [3.05, 3.63) is 59.2 Å². The van der Waals surface area contributed by atoms with Gasteiger partial charge in [0, 0.05) is 31.7 Å². The zero-order valence-electron chi connectivity index (χ0n) is 19.0. The Morgan fingerprint density at radius 3 is 2.53 bits per heavy atom. The molecule has 2 heterocycles. The molecule has 0 radical (unpaired) electrons. The van der Waals surface area contributed by atoms with E-state index in [1.54, 1.807) is 11.0 Å². The lowest BCUT2D eigenvalue weighted by Gasteiger charge is -2.34. The molecular formula is C24H27N5O3S2. The molecule has 1 aromatic heterocycles. The van der Waals surface area contributed by atoms with Crippen LogP contribution in [-0.2, 0) is 27.7 Å². The molecule has 5 rings (SSSR count). The van der Waals surface area contributed by atoms with E-state index >= 15 is 0 Å². The maximum absolute atomic E-state index is 13.1. The summed E-state index contributed by atoms with van der Waals surface area (Å²) < 4.78 is 27.7. The quantitative estimate of drug-likeness (QED) is 0.526. The van der Waals surface area contributed by atoms with Gasteiger partial charge in [0.1, 0.15) is 0 Å². The molecule has 178 valence electrons. The molecule has 0 atom stereocenters. The van der Waals surface area contributed by atoms with Crippen molar-refractivity contribution in [3.8, 4) is 11.4 Å². The van der Waals surface area contributed by atoms with Crippen LogP contribution in [0.5, 0.6) is 0 Å². The van der Waals surface area contributed by atoms with Gasteiger partial charge in [0.25, 0.3) is 0 Å². The smallest absolute Gasteiger partial charge is 0.243 e. The second-order valence-electron chi connectivity index (χ2n) is 8.69. The minimum Gasteiger partial charge on any atom is -0.339 e. The van der Waals surface area contributed by atoms with Crippen LogP contribution in [0.15, 0.2) is 52.5 Å². The van der Waals surface area contributed by atoms with Gasteiger partial charge in [-0.25, -0.2) is 13.4 Å². The molecule has 34 heavy (non-hydrogen) atoms. The van der Waals surface area contributed by atoms with Gasteiger partial charge >= 0.3 is 0 Å². The van der Waals surface area contributed by atoms with E-state index in [0.717, 1.165) is 30.4 Å². The number of nitrogens with zero attached hydrogens (tertiary/aromatic N) is 4. The third kappa shape index (κ3) is 4.75. The van der Waals surface area contributed by atoms with Gasteiger partial charge < -0.3 is 4.90 Å². The highest BCUT2D eigenvalue weighted by Crippen LogP contribution is 2.27. The molecule has 3 aromatic rings. The highest BCUT2D eigenvalue weighted by Gasteiger charge is 2.31. The lowest BCUT2D eigenvalue weighted by molar-refractivity contribution is -0.129. The Morgan fingerprint density at radius 1 is 1.03 bits per heavy atom. The number of benzene rings is 2. The van der Waals surface area contributed by atoms with Crippen molar-refractivity contribution in [1.29, 1.82) is 0 Å². The molecule has 2 aliphatic rings. The lowest BCUT2D eigenvalue weighted by atomic mass is 10.1. The molecule has 8 nitrogen and oxygen atoms in total. The van der Waals surface area contributed by atoms with Crippen LogP contribution in [0.1, 0.15) is 23.1 Å². The Labute approximate surface area is 203 Å². The van der Waals surface area contributed by atoms with Crippen LogP contribution in [-0.4, -0.2) is 70.6 Å². The first-order valence-corrected chi connectivity index (χ1v) is 13.8. The van der Waals surface area contributed by atoms with Crippen LogP contribution >= 0.6 is 11.8 Å². The predicted octanol–water partition coefficient (Wildman–Crippen LogP) is 2.89. The number of hydrogen-bond acceptors (Lipinski definition) is 6. The molecule has 1 fully saturated rings. The monoisotopic (exact) mass is 497 g/mol. The molecule has 0 saturated carbocycles. The Balaban J connectivity index is 1.14. The topological polar surface area (TPSA) is 99.3 Å². The van der Waals surface area contributed by atoms with Crippen LogP contribution in [0.4, 0.5) is 0 Å². The number of aromatic nitrogens is 3. The van der Waals surface area contributed by atoms with E-state index in [1.165, 1.54) is 27.2 Å². The largest absolute Gasteiger partial charge is 0.339 e. The van der Waals surface area contributed by atoms with Crippen molar-refractivity contribution in [3.63, 3.8) is 0 Å². The molecular weight excluding hydrogens is 470 g/mol. The zero-order chi connectivity index (χ0) is 23.7. The van der Waals surface area contributed by atoms with Gasteiger partial charge in [-0.05, 0) is 49.4 Å². The average Bonchev–Trinajstić information content (AvgIpc) is 3.52. The predicted molar refractivity (Wildman–Crippen MR) is 131 cm³/mol. The summed E-state index contributed by atoms with van der Waals surface area (Å²) in [6.07, 6.45) is 3.05. The number of hydrogen-bond donors (Lipinski definition) is 1. The number of carbonyl (C=O) groups is 1. The number of rotatable bonds is 6. The van der Waals surface area contributed by atoms with Gasteiger partial charge in [0.2, 0.25) is 21.1 Å².